The van der Waals surface area contributed by atoms with E-state index in [2.05, 4.69) is 14.1 Å². The van der Waals surface area contributed by atoms with Gasteiger partial charge in [0.15, 0.2) is 5.69 Å². The first kappa shape index (κ1) is 12.2. The molecule has 0 aliphatic heterocycles. The van der Waals surface area contributed by atoms with Crippen LogP contribution in [0.5, 0.6) is 0 Å². The smallest absolute Gasteiger partial charge is 0.335 e. The van der Waals surface area contributed by atoms with E-state index in [0.29, 0.717) is 11.3 Å². The van der Waals surface area contributed by atoms with Crippen LogP contribution in [0, 0.1) is 6.92 Å². The third-order valence-electron chi connectivity index (χ3n) is 2.32. The Morgan fingerprint density at radius 3 is 2.72 bits per heavy atom. The monoisotopic (exact) mass is 263 g/mol. The summed E-state index contributed by atoms with van der Waals surface area (Å²) in [5, 5.41) is 11.5. The summed E-state index contributed by atoms with van der Waals surface area (Å²) < 4.78 is 7.55. The molecule has 1 heterocycles. The van der Waals surface area contributed by atoms with Crippen LogP contribution in [0.15, 0.2) is 24.4 Å². The van der Waals surface area contributed by atoms with Gasteiger partial charge in [0, 0.05) is 5.69 Å². The molecule has 0 unspecified atom stereocenters. The first-order valence-electron chi connectivity index (χ1n) is 5.01. The first-order chi connectivity index (χ1) is 8.58. The second kappa shape index (κ2) is 4.92. The molecule has 0 spiro atoms. The number of benzene rings is 1. The van der Waals surface area contributed by atoms with Crippen LogP contribution >= 0.6 is 11.7 Å². The van der Waals surface area contributed by atoms with Crippen LogP contribution in [0.25, 0.3) is 0 Å². The number of carbonyl (C=O) groups is 2. The van der Waals surface area contributed by atoms with Gasteiger partial charge in [-0.05, 0) is 30.7 Å². The lowest BCUT2D eigenvalue weighted by atomic mass is 10.1. The number of aromatic carboxylic acids is 1. The van der Waals surface area contributed by atoms with Gasteiger partial charge in [-0.1, -0.05) is 0 Å². The van der Waals surface area contributed by atoms with Crippen molar-refractivity contribution in [2.75, 3.05) is 5.32 Å². The van der Waals surface area contributed by atoms with E-state index in [1.807, 2.05) is 0 Å². The van der Waals surface area contributed by atoms with Gasteiger partial charge < -0.3 is 10.4 Å². The molecule has 0 fully saturated rings. The van der Waals surface area contributed by atoms with Gasteiger partial charge in [0.2, 0.25) is 0 Å². The summed E-state index contributed by atoms with van der Waals surface area (Å²) in [6, 6.07) is 4.48. The van der Waals surface area contributed by atoms with E-state index in [4.69, 9.17) is 5.11 Å². The normalized spacial score (nSPS) is 10.1. The van der Waals surface area contributed by atoms with Gasteiger partial charge in [-0.15, -0.1) is 0 Å². The molecule has 0 saturated carbocycles. The summed E-state index contributed by atoms with van der Waals surface area (Å²) in [6.07, 6.45) is 1.38. The summed E-state index contributed by atoms with van der Waals surface area (Å²) >= 11 is 0.950. The predicted octanol–water partition coefficient (Wildman–Crippen LogP) is 1.80. The van der Waals surface area contributed by atoms with Gasteiger partial charge in [-0.2, -0.15) is 8.75 Å². The number of nitrogens with one attached hydrogen (secondary N) is 1. The molecule has 2 rings (SSSR count). The van der Waals surface area contributed by atoms with Gasteiger partial charge in [0.1, 0.15) is 0 Å². The molecule has 1 aromatic heterocycles. The fraction of sp³-hybridized carbons (Fsp3) is 0.0909. The van der Waals surface area contributed by atoms with E-state index in [1.54, 1.807) is 13.0 Å². The van der Waals surface area contributed by atoms with Crippen molar-refractivity contribution in [3.8, 4) is 0 Å². The number of carbonyl (C=O) groups excluding carboxylic acids is 1. The van der Waals surface area contributed by atoms with Crippen LogP contribution in [0.1, 0.15) is 26.4 Å². The number of amides is 1. The molecule has 0 aliphatic rings. The average molecular weight is 263 g/mol. The standard InChI is InChI=1S/C11H9N3O3S/c1-6-4-7(11(16)17)2-3-8(6)13-10(15)9-5-12-18-14-9/h2-5H,1H3,(H,13,15)(H,16,17). The Morgan fingerprint density at radius 2 is 2.17 bits per heavy atom. The lowest BCUT2D eigenvalue weighted by Crippen LogP contribution is -2.13. The Labute approximate surface area is 107 Å². The van der Waals surface area contributed by atoms with Crippen molar-refractivity contribution in [3.05, 3.63) is 41.2 Å². The molecule has 6 nitrogen and oxygen atoms in total. The van der Waals surface area contributed by atoms with Crippen LogP contribution in [-0.4, -0.2) is 25.7 Å². The number of carboxylic acid groups (broad SMARTS) is 1. The zero-order valence-electron chi connectivity index (χ0n) is 9.38. The van der Waals surface area contributed by atoms with Gasteiger partial charge >= 0.3 is 5.97 Å². The van der Waals surface area contributed by atoms with Crippen molar-refractivity contribution >= 4 is 29.3 Å². The van der Waals surface area contributed by atoms with Crippen LogP contribution in [0.3, 0.4) is 0 Å². The fourth-order valence-electron chi connectivity index (χ4n) is 1.39. The Bertz CT molecular complexity index is 596. The van der Waals surface area contributed by atoms with Gasteiger partial charge in [-0.3, -0.25) is 4.79 Å². The number of carboxylic acids is 1. The van der Waals surface area contributed by atoms with Gasteiger partial charge in [-0.25, -0.2) is 4.79 Å². The maximum absolute atomic E-state index is 11.7. The minimum absolute atomic E-state index is 0.181. The molecule has 1 aromatic carbocycles. The highest BCUT2D eigenvalue weighted by atomic mass is 32.1. The van der Waals surface area contributed by atoms with Crippen LogP contribution in [0.4, 0.5) is 5.69 Å². The molecule has 92 valence electrons. The molecule has 0 atom stereocenters. The van der Waals surface area contributed by atoms with Crippen LogP contribution < -0.4 is 5.32 Å². The minimum atomic E-state index is -1.00. The lowest BCUT2D eigenvalue weighted by molar-refractivity contribution is 0.0696. The predicted molar refractivity (Wildman–Crippen MR) is 66.0 cm³/mol. The first-order valence-corrected chi connectivity index (χ1v) is 5.74. The van der Waals surface area contributed by atoms with E-state index < -0.39 is 5.97 Å². The van der Waals surface area contributed by atoms with E-state index in [9.17, 15) is 9.59 Å². The van der Waals surface area contributed by atoms with Crippen molar-refractivity contribution in [1.82, 2.24) is 8.75 Å². The zero-order valence-corrected chi connectivity index (χ0v) is 10.2. The van der Waals surface area contributed by atoms with Crippen molar-refractivity contribution in [1.29, 1.82) is 0 Å². The highest BCUT2D eigenvalue weighted by Gasteiger charge is 2.11. The topological polar surface area (TPSA) is 92.2 Å². The Balaban J connectivity index is 2.20. The van der Waals surface area contributed by atoms with Gasteiger partial charge in [0.05, 0.1) is 23.5 Å². The number of anilines is 1. The molecular formula is C11H9N3O3S. The summed E-state index contributed by atoms with van der Waals surface area (Å²) in [5.41, 5.74) is 1.65. The highest BCUT2D eigenvalue weighted by molar-refractivity contribution is 6.99. The number of aromatic nitrogens is 2. The Hall–Kier alpha value is -2.28. The number of rotatable bonds is 3. The summed E-state index contributed by atoms with van der Waals surface area (Å²) in [4.78, 5) is 22.5. The van der Waals surface area contributed by atoms with Crippen molar-refractivity contribution in [2.45, 2.75) is 6.92 Å². The largest absolute Gasteiger partial charge is 0.478 e. The zero-order chi connectivity index (χ0) is 13.1. The maximum Gasteiger partial charge on any atom is 0.335 e. The van der Waals surface area contributed by atoms with Crippen molar-refractivity contribution < 1.29 is 14.7 Å². The molecule has 0 radical (unpaired) electrons. The maximum atomic E-state index is 11.7. The SMILES string of the molecule is Cc1cc(C(=O)O)ccc1NC(=O)c1cnsn1. The van der Waals surface area contributed by atoms with E-state index in [1.165, 1.54) is 18.3 Å². The summed E-state index contributed by atoms with van der Waals surface area (Å²) in [6.45, 7) is 1.72. The van der Waals surface area contributed by atoms with Crippen LogP contribution in [-0.2, 0) is 0 Å². The van der Waals surface area contributed by atoms with Crippen molar-refractivity contribution in [2.24, 2.45) is 0 Å². The molecule has 18 heavy (non-hydrogen) atoms. The molecule has 2 N–H and O–H groups in total. The Kier molecular flexibility index (Phi) is 3.33. The molecule has 2 aromatic rings. The van der Waals surface area contributed by atoms with E-state index >= 15 is 0 Å². The summed E-state index contributed by atoms with van der Waals surface area (Å²) in [7, 11) is 0. The van der Waals surface area contributed by atoms with Gasteiger partial charge in [0.25, 0.3) is 5.91 Å². The summed E-state index contributed by atoms with van der Waals surface area (Å²) in [5.74, 6) is -1.37. The third kappa shape index (κ3) is 2.51. The van der Waals surface area contributed by atoms with Crippen molar-refractivity contribution in [3.63, 3.8) is 0 Å². The minimum Gasteiger partial charge on any atom is -0.478 e. The molecule has 7 heteroatoms. The fourth-order valence-corrected chi connectivity index (χ4v) is 1.80. The third-order valence-corrected chi connectivity index (χ3v) is 2.79. The average Bonchev–Trinajstić information content (AvgIpc) is 2.85. The van der Waals surface area contributed by atoms with E-state index in [0.717, 1.165) is 11.7 Å². The lowest BCUT2D eigenvalue weighted by Gasteiger charge is -2.07. The molecular weight excluding hydrogens is 254 g/mol. The number of aryl methyl sites for hydroxylation is 1. The van der Waals surface area contributed by atoms with E-state index in [-0.39, 0.29) is 17.2 Å². The Morgan fingerprint density at radius 1 is 1.39 bits per heavy atom. The molecule has 0 saturated heterocycles. The molecule has 0 bridgehead atoms. The second-order valence-corrected chi connectivity index (χ2v) is 4.14. The number of hydrogen-bond acceptors (Lipinski definition) is 5. The quantitative estimate of drug-likeness (QED) is 0.880. The van der Waals surface area contributed by atoms with Crippen LogP contribution in [0.2, 0.25) is 0 Å². The highest BCUT2D eigenvalue weighted by Crippen LogP contribution is 2.17. The molecule has 0 aliphatic carbocycles. The number of nitrogens with zero attached hydrogens (tertiary/aromatic N) is 2. The molecule has 1 amide bonds. The number of hydrogen-bond donors (Lipinski definition) is 2. The second-order valence-electron chi connectivity index (χ2n) is 3.58.